The molecule has 2 fully saturated rings. The van der Waals surface area contributed by atoms with Crippen LogP contribution in [0.15, 0.2) is 48.5 Å². The first-order valence-electron chi connectivity index (χ1n) is 10.2. The molecule has 2 heterocycles. The summed E-state index contributed by atoms with van der Waals surface area (Å²) in [6.45, 7) is 8.09. The van der Waals surface area contributed by atoms with Gasteiger partial charge in [0.05, 0.1) is 6.42 Å². The van der Waals surface area contributed by atoms with Gasteiger partial charge >= 0.3 is 0 Å². The van der Waals surface area contributed by atoms with Crippen molar-refractivity contribution in [2.75, 3.05) is 18.0 Å². The lowest BCUT2D eigenvalue weighted by Crippen LogP contribution is -2.50. The molecule has 0 bridgehead atoms. The molecule has 4 rings (SSSR count). The van der Waals surface area contributed by atoms with Crippen LogP contribution in [0, 0.1) is 18.7 Å². The number of fused-ring (bicyclic) bond motifs is 1. The Labute approximate surface area is 167 Å². The molecule has 0 aliphatic carbocycles. The molecule has 2 aromatic carbocycles. The maximum Gasteiger partial charge on any atom is 0.227 e. The van der Waals surface area contributed by atoms with Crippen LogP contribution >= 0.6 is 0 Å². The molecule has 4 heteroatoms. The van der Waals surface area contributed by atoms with Gasteiger partial charge in [-0.3, -0.25) is 4.79 Å². The Morgan fingerprint density at radius 2 is 1.96 bits per heavy atom. The first kappa shape index (κ1) is 19.0. The SMILES string of the molecule is Cc1ccccc1CC(=O)N1CC[C@H]2[C@@H](C1)CC(C)(C)N2c1cccc(F)c1. The third-order valence-electron chi connectivity index (χ3n) is 6.48. The molecule has 0 saturated carbocycles. The van der Waals surface area contributed by atoms with Crippen LogP contribution in [0.3, 0.4) is 0 Å². The molecule has 0 aromatic heterocycles. The van der Waals surface area contributed by atoms with Gasteiger partial charge in [-0.2, -0.15) is 0 Å². The van der Waals surface area contributed by atoms with E-state index in [2.05, 4.69) is 31.7 Å². The van der Waals surface area contributed by atoms with Crippen molar-refractivity contribution in [3.05, 3.63) is 65.5 Å². The zero-order valence-corrected chi connectivity index (χ0v) is 17.0. The molecule has 0 spiro atoms. The number of piperidine rings is 1. The maximum atomic E-state index is 13.8. The Morgan fingerprint density at radius 1 is 1.18 bits per heavy atom. The molecule has 2 aromatic rings. The minimum Gasteiger partial charge on any atom is -0.363 e. The third kappa shape index (κ3) is 3.52. The summed E-state index contributed by atoms with van der Waals surface area (Å²) >= 11 is 0. The van der Waals surface area contributed by atoms with Crippen LogP contribution in [-0.4, -0.2) is 35.5 Å². The van der Waals surface area contributed by atoms with E-state index in [-0.39, 0.29) is 17.3 Å². The molecule has 3 nitrogen and oxygen atoms in total. The van der Waals surface area contributed by atoms with E-state index in [0.717, 1.165) is 37.2 Å². The summed E-state index contributed by atoms with van der Waals surface area (Å²) in [5.41, 5.74) is 3.20. The van der Waals surface area contributed by atoms with Crippen molar-refractivity contribution in [2.24, 2.45) is 5.92 Å². The van der Waals surface area contributed by atoms with E-state index in [1.165, 1.54) is 11.6 Å². The predicted octanol–water partition coefficient (Wildman–Crippen LogP) is 4.58. The van der Waals surface area contributed by atoms with Gasteiger partial charge in [0.1, 0.15) is 5.82 Å². The third-order valence-corrected chi connectivity index (χ3v) is 6.48. The van der Waals surface area contributed by atoms with Gasteiger partial charge in [-0.15, -0.1) is 0 Å². The van der Waals surface area contributed by atoms with E-state index in [9.17, 15) is 9.18 Å². The Kier molecular flexibility index (Phi) is 4.90. The number of aryl methyl sites for hydroxylation is 1. The summed E-state index contributed by atoms with van der Waals surface area (Å²) in [4.78, 5) is 17.4. The zero-order valence-electron chi connectivity index (χ0n) is 17.0. The molecule has 0 unspecified atom stereocenters. The van der Waals surface area contributed by atoms with E-state index in [1.54, 1.807) is 12.1 Å². The van der Waals surface area contributed by atoms with Crippen molar-refractivity contribution in [2.45, 2.75) is 51.6 Å². The maximum absolute atomic E-state index is 13.8. The molecule has 148 valence electrons. The van der Waals surface area contributed by atoms with Gasteiger partial charge in [-0.25, -0.2) is 4.39 Å². The summed E-state index contributed by atoms with van der Waals surface area (Å²) < 4.78 is 13.8. The summed E-state index contributed by atoms with van der Waals surface area (Å²) in [7, 11) is 0. The number of amides is 1. The number of anilines is 1. The van der Waals surface area contributed by atoms with Gasteiger partial charge in [0.15, 0.2) is 0 Å². The molecule has 28 heavy (non-hydrogen) atoms. The van der Waals surface area contributed by atoms with Gasteiger partial charge in [0, 0.05) is 30.4 Å². The Morgan fingerprint density at radius 3 is 2.71 bits per heavy atom. The molecule has 2 saturated heterocycles. The summed E-state index contributed by atoms with van der Waals surface area (Å²) in [6.07, 6.45) is 2.42. The van der Waals surface area contributed by atoms with Crippen LogP contribution in [0.1, 0.15) is 37.8 Å². The second kappa shape index (κ2) is 7.23. The second-order valence-corrected chi connectivity index (χ2v) is 8.93. The number of likely N-dealkylation sites (tertiary alicyclic amines) is 1. The highest BCUT2D eigenvalue weighted by atomic mass is 19.1. The monoisotopic (exact) mass is 380 g/mol. The van der Waals surface area contributed by atoms with Crippen molar-refractivity contribution in [3.8, 4) is 0 Å². The predicted molar refractivity (Wildman–Crippen MR) is 111 cm³/mol. The lowest BCUT2D eigenvalue weighted by atomic mass is 9.89. The highest BCUT2D eigenvalue weighted by molar-refractivity contribution is 5.79. The fourth-order valence-corrected chi connectivity index (χ4v) is 5.23. The molecule has 2 aliphatic rings. The average Bonchev–Trinajstić information content (AvgIpc) is 2.92. The van der Waals surface area contributed by atoms with Gasteiger partial charge < -0.3 is 9.80 Å². The van der Waals surface area contributed by atoms with Crippen molar-refractivity contribution in [1.29, 1.82) is 0 Å². The number of hydrogen-bond donors (Lipinski definition) is 0. The van der Waals surface area contributed by atoms with Crippen LogP contribution in [0.25, 0.3) is 0 Å². The molecule has 2 aliphatic heterocycles. The molecular formula is C24H29FN2O. The highest BCUT2D eigenvalue weighted by Crippen LogP contribution is 2.44. The van der Waals surface area contributed by atoms with E-state index in [0.29, 0.717) is 18.4 Å². The molecular weight excluding hydrogens is 351 g/mol. The number of benzene rings is 2. The van der Waals surface area contributed by atoms with Gasteiger partial charge in [-0.1, -0.05) is 30.3 Å². The summed E-state index contributed by atoms with van der Waals surface area (Å²) in [5.74, 6) is 0.449. The van der Waals surface area contributed by atoms with Crippen LogP contribution in [0.5, 0.6) is 0 Å². The van der Waals surface area contributed by atoms with Gasteiger partial charge in [0.2, 0.25) is 5.91 Å². The fourth-order valence-electron chi connectivity index (χ4n) is 5.23. The van der Waals surface area contributed by atoms with Crippen molar-refractivity contribution in [1.82, 2.24) is 4.90 Å². The van der Waals surface area contributed by atoms with Gasteiger partial charge in [-0.05, 0) is 68.9 Å². The van der Waals surface area contributed by atoms with Crippen molar-refractivity contribution in [3.63, 3.8) is 0 Å². The quantitative estimate of drug-likeness (QED) is 0.778. The van der Waals surface area contributed by atoms with Crippen LogP contribution in [0.2, 0.25) is 0 Å². The smallest absolute Gasteiger partial charge is 0.227 e. The van der Waals surface area contributed by atoms with Crippen molar-refractivity contribution >= 4 is 11.6 Å². The number of carbonyl (C=O) groups is 1. The number of hydrogen-bond acceptors (Lipinski definition) is 2. The van der Waals surface area contributed by atoms with Crippen LogP contribution in [-0.2, 0) is 11.2 Å². The van der Waals surface area contributed by atoms with Crippen LogP contribution in [0.4, 0.5) is 10.1 Å². The van der Waals surface area contributed by atoms with Gasteiger partial charge in [0.25, 0.3) is 0 Å². The molecule has 0 radical (unpaired) electrons. The molecule has 1 amide bonds. The van der Waals surface area contributed by atoms with E-state index >= 15 is 0 Å². The Bertz CT molecular complexity index is 878. The average molecular weight is 381 g/mol. The van der Waals surface area contributed by atoms with E-state index in [4.69, 9.17) is 0 Å². The summed E-state index contributed by atoms with van der Waals surface area (Å²) in [6, 6.07) is 15.4. The van der Waals surface area contributed by atoms with Crippen LogP contribution < -0.4 is 4.90 Å². The zero-order chi connectivity index (χ0) is 19.9. The Hall–Kier alpha value is -2.36. The Balaban J connectivity index is 1.49. The van der Waals surface area contributed by atoms with Crippen molar-refractivity contribution < 1.29 is 9.18 Å². The number of carbonyl (C=O) groups excluding carboxylic acids is 1. The standard InChI is InChI=1S/C24H29FN2O/c1-17-7-4-5-8-18(17)13-23(28)26-12-11-22-19(16-26)15-24(2,3)27(22)21-10-6-9-20(25)14-21/h4-10,14,19,22H,11-13,15-16H2,1-3H3/t19-,22+/m1/s1. The summed E-state index contributed by atoms with van der Waals surface area (Å²) in [5, 5.41) is 0. The normalized spacial score (nSPS) is 23.6. The topological polar surface area (TPSA) is 23.6 Å². The lowest BCUT2D eigenvalue weighted by molar-refractivity contribution is -0.132. The van der Waals surface area contributed by atoms with E-state index in [1.807, 2.05) is 29.2 Å². The lowest BCUT2D eigenvalue weighted by Gasteiger charge is -2.42. The first-order chi connectivity index (χ1) is 13.3. The molecule has 0 N–H and O–H groups in total. The second-order valence-electron chi connectivity index (χ2n) is 8.93. The number of halogens is 1. The largest absolute Gasteiger partial charge is 0.363 e. The van der Waals surface area contributed by atoms with E-state index < -0.39 is 0 Å². The highest BCUT2D eigenvalue weighted by Gasteiger charge is 2.48. The number of nitrogens with zero attached hydrogens (tertiary/aromatic N) is 2. The molecule has 2 atom stereocenters. The fraction of sp³-hybridized carbons (Fsp3) is 0.458. The minimum atomic E-state index is -0.192. The first-order valence-corrected chi connectivity index (χ1v) is 10.2. The number of rotatable bonds is 3. The minimum absolute atomic E-state index is 0.0434.